The Labute approximate surface area is 150 Å². The molecule has 1 aliphatic heterocycles. The molecule has 0 radical (unpaired) electrons. The van der Waals surface area contributed by atoms with Gasteiger partial charge in [0.1, 0.15) is 12.4 Å². The number of hydrogen-bond acceptors (Lipinski definition) is 9. The third kappa shape index (κ3) is 3.07. The second-order valence-corrected chi connectivity index (χ2v) is 6.60. The van der Waals surface area contributed by atoms with Crippen molar-refractivity contribution in [2.45, 2.75) is 25.4 Å². The van der Waals surface area contributed by atoms with Gasteiger partial charge in [0.25, 0.3) is 0 Å². The lowest BCUT2D eigenvalue weighted by Gasteiger charge is -2.29. The largest absolute Gasteiger partial charge is 0.377 e. The summed E-state index contributed by atoms with van der Waals surface area (Å²) in [5.41, 5.74) is 0.772. The predicted octanol–water partition coefficient (Wildman–Crippen LogP) is 1.10. The molecule has 0 aliphatic carbocycles. The van der Waals surface area contributed by atoms with Crippen molar-refractivity contribution in [2.75, 3.05) is 44.1 Å². The fourth-order valence-corrected chi connectivity index (χ4v) is 3.18. The number of piperidine rings is 1. The first-order valence-corrected chi connectivity index (χ1v) is 8.62. The molecule has 0 aromatic carbocycles. The number of nitrogens with zero attached hydrogens (tertiary/aromatic N) is 8. The maximum Gasteiger partial charge on any atom is 0.324 e. The van der Waals surface area contributed by atoms with Crippen LogP contribution in [0.4, 0.5) is 11.8 Å². The van der Waals surface area contributed by atoms with Gasteiger partial charge in [0.15, 0.2) is 17.3 Å². The number of ether oxygens (including phenoxy) is 1. The molecule has 10 heteroatoms. The van der Waals surface area contributed by atoms with Crippen LogP contribution in [0, 0.1) is 0 Å². The highest BCUT2D eigenvalue weighted by atomic mass is 16.5. The first-order valence-electron chi connectivity index (χ1n) is 8.62. The van der Waals surface area contributed by atoms with Gasteiger partial charge < -0.3 is 19.1 Å². The van der Waals surface area contributed by atoms with Crippen molar-refractivity contribution >= 4 is 17.5 Å². The van der Waals surface area contributed by atoms with Gasteiger partial charge in [-0.15, -0.1) is 15.3 Å². The summed E-state index contributed by atoms with van der Waals surface area (Å²) in [5.74, 6) is 2.66. The van der Waals surface area contributed by atoms with Crippen LogP contribution in [0.2, 0.25) is 0 Å². The molecule has 1 saturated heterocycles. The molecule has 0 unspecified atom stereocenters. The molecule has 0 N–H and O–H groups in total. The van der Waals surface area contributed by atoms with Crippen LogP contribution in [-0.4, -0.2) is 64.2 Å². The van der Waals surface area contributed by atoms with E-state index in [1.807, 2.05) is 35.6 Å². The minimum absolute atomic E-state index is 0.299. The summed E-state index contributed by atoms with van der Waals surface area (Å²) < 4.78 is 12.2. The maximum atomic E-state index is 5.33. The maximum absolute atomic E-state index is 5.33. The van der Waals surface area contributed by atoms with E-state index < -0.39 is 0 Å². The summed E-state index contributed by atoms with van der Waals surface area (Å²) in [6.07, 6.45) is 1.85. The van der Waals surface area contributed by atoms with Gasteiger partial charge in [-0.3, -0.25) is 0 Å². The van der Waals surface area contributed by atoms with Gasteiger partial charge in [0.05, 0.1) is 0 Å². The highest BCUT2D eigenvalue weighted by Gasteiger charge is 2.27. The van der Waals surface area contributed by atoms with Gasteiger partial charge in [0, 0.05) is 40.2 Å². The molecule has 4 rings (SSSR count). The number of rotatable bonds is 5. The van der Waals surface area contributed by atoms with Gasteiger partial charge in [-0.1, -0.05) is 5.16 Å². The Morgan fingerprint density at radius 1 is 1.23 bits per heavy atom. The summed E-state index contributed by atoms with van der Waals surface area (Å²) in [7, 11) is 5.55. The third-order valence-electron chi connectivity index (χ3n) is 4.59. The lowest BCUT2D eigenvalue weighted by atomic mass is 9.96. The van der Waals surface area contributed by atoms with Gasteiger partial charge in [0.2, 0.25) is 0 Å². The van der Waals surface area contributed by atoms with Gasteiger partial charge in [-0.2, -0.15) is 9.50 Å². The Balaban J connectivity index is 1.49. The van der Waals surface area contributed by atoms with Crippen LogP contribution in [0.15, 0.2) is 16.7 Å². The fraction of sp³-hybridized carbons (Fsp3) is 0.562. The minimum atomic E-state index is 0.299. The minimum Gasteiger partial charge on any atom is -0.377 e. The average molecular weight is 358 g/mol. The Bertz CT molecular complexity index is 881. The van der Waals surface area contributed by atoms with Crippen molar-refractivity contribution in [1.29, 1.82) is 0 Å². The first-order chi connectivity index (χ1) is 12.7. The molecule has 0 atom stereocenters. The number of anilines is 2. The fourth-order valence-electron chi connectivity index (χ4n) is 3.18. The van der Waals surface area contributed by atoms with Crippen LogP contribution in [0.3, 0.4) is 0 Å². The molecule has 0 saturated carbocycles. The van der Waals surface area contributed by atoms with Crippen molar-refractivity contribution in [3.05, 3.63) is 23.8 Å². The molecule has 3 aromatic rings. The third-order valence-corrected chi connectivity index (χ3v) is 4.59. The van der Waals surface area contributed by atoms with Gasteiger partial charge in [-0.25, -0.2) is 0 Å². The predicted molar refractivity (Wildman–Crippen MR) is 94.3 cm³/mol. The summed E-state index contributed by atoms with van der Waals surface area (Å²) in [6.45, 7) is 1.99. The van der Waals surface area contributed by atoms with E-state index in [0.717, 1.165) is 43.2 Å². The molecule has 0 amide bonds. The number of hydrogen-bond donors (Lipinski definition) is 0. The Morgan fingerprint density at radius 3 is 2.77 bits per heavy atom. The lowest BCUT2D eigenvalue weighted by molar-refractivity contribution is 0.174. The van der Waals surface area contributed by atoms with E-state index in [1.165, 1.54) is 0 Å². The standard InChI is InChI=1S/C16H22N8O2/c1-22(2)14-5-4-13-18-19-15(24(13)20-14)11-6-8-23(9-7-11)16-17-12(10-25-3)21-26-16/h4-5,11H,6-10H2,1-3H3. The molecule has 0 spiro atoms. The molecule has 4 heterocycles. The molecule has 3 aromatic heterocycles. The highest BCUT2D eigenvalue weighted by molar-refractivity contribution is 5.45. The van der Waals surface area contributed by atoms with E-state index in [0.29, 0.717) is 24.4 Å². The summed E-state index contributed by atoms with van der Waals surface area (Å²) in [4.78, 5) is 8.44. The zero-order chi connectivity index (χ0) is 18.1. The topological polar surface area (TPSA) is 97.7 Å². The number of aromatic nitrogens is 6. The molecule has 0 bridgehead atoms. The molecular formula is C16H22N8O2. The normalized spacial score (nSPS) is 15.7. The smallest absolute Gasteiger partial charge is 0.324 e. The zero-order valence-corrected chi connectivity index (χ0v) is 15.2. The van der Waals surface area contributed by atoms with Crippen LogP contribution < -0.4 is 9.80 Å². The summed E-state index contributed by atoms with van der Waals surface area (Å²) in [5, 5.41) is 17.2. The Kier molecular flexibility index (Phi) is 4.41. The summed E-state index contributed by atoms with van der Waals surface area (Å²) in [6, 6.07) is 4.45. The molecule has 1 fully saturated rings. The molecular weight excluding hydrogens is 336 g/mol. The van der Waals surface area contributed by atoms with E-state index in [9.17, 15) is 0 Å². The van der Waals surface area contributed by atoms with Gasteiger partial charge in [-0.05, 0) is 25.0 Å². The summed E-state index contributed by atoms with van der Waals surface area (Å²) >= 11 is 0. The van der Waals surface area contributed by atoms with E-state index in [1.54, 1.807) is 7.11 Å². The SMILES string of the molecule is COCc1noc(N2CCC(c3nnc4ccc(N(C)C)nn34)CC2)n1. The van der Waals surface area contributed by atoms with Crippen LogP contribution in [0.5, 0.6) is 0 Å². The van der Waals surface area contributed by atoms with Crippen LogP contribution in [0.1, 0.15) is 30.4 Å². The van der Waals surface area contributed by atoms with E-state index >= 15 is 0 Å². The number of fused-ring (bicyclic) bond motifs is 1. The van der Waals surface area contributed by atoms with Crippen molar-refractivity contribution in [3.63, 3.8) is 0 Å². The lowest BCUT2D eigenvalue weighted by Crippen LogP contribution is -2.33. The Morgan fingerprint density at radius 2 is 2.04 bits per heavy atom. The van der Waals surface area contributed by atoms with Crippen molar-refractivity contribution in [1.82, 2.24) is 30.0 Å². The van der Waals surface area contributed by atoms with Crippen molar-refractivity contribution < 1.29 is 9.26 Å². The van der Waals surface area contributed by atoms with Crippen LogP contribution in [0.25, 0.3) is 5.65 Å². The van der Waals surface area contributed by atoms with Crippen LogP contribution >= 0.6 is 0 Å². The highest BCUT2D eigenvalue weighted by Crippen LogP contribution is 2.29. The second-order valence-electron chi connectivity index (χ2n) is 6.60. The zero-order valence-electron chi connectivity index (χ0n) is 15.2. The molecule has 1 aliphatic rings. The van der Waals surface area contributed by atoms with E-state index in [4.69, 9.17) is 9.26 Å². The second kappa shape index (κ2) is 6.87. The van der Waals surface area contributed by atoms with E-state index in [-0.39, 0.29) is 0 Å². The first kappa shape index (κ1) is 16.7. The van der Waals surface area contributed by atoms with Crippen molar-refractivity contribution in [2.24, 2.45) is 0 Å². The van der Waals surface area contributed by atoms with E-state index in [2.05, 4.69) is 30.3 Å². The average Bonchev–Trinajstić information content (AvgIpc) is 3.28. The molecule has 10 nitrogen and oxygen atoms in total. The molecule has 138 valence electrons. The quantitative estimate of drug-likeness (QED) is 0.664. The number of methoxy groups -OCH3 is 1. The van der Waals surface area contributed by atoms with Crippen molar-refractivity contribution in [3.8, 4) is 0 Å². The van der Waals surface area contributed by atoms with Crippen LogP contribution in [-0.2, 0) is 11.3 Å². The molecule has 26 heavy (non-hydrogen) atoms. The monoisotopic (exact) mass is 358 g/mol. The Hall–Kier alpha value is -2.75. The van der Waals surface area contributed by atoms with Gasteiger partial charge >= 0.3 is 6.01 Å².